The Morgan fingerprint density at radius 1 is 0.926 bits per heavy atom. The monoisotopic (exact) mass is 384 g/mol. The molecule has 0 N–H and O–H groups in total. The molecule has 2 aromatic carbocycles. The summed E-state index contributed by atoms with van der Waals surface area (Å²) >= 11 is 1.75. The van der Waals surface area contributed by atoms with Crippen molar-refractivity contribution in [3.8, 4) is 0 Å². The summed E-state index contributed by atoms with van der Waals surface area (Å²) in [4.78, 5) is 26.4. The van der Waals surface area contributed by atoms with E-state index in [1.54, 1.807) is 11.8 Å². The van der Waals surface area contributed by atoms with Crippen molar-refractivity contribution in [2.24, 2.45) is 11.3 Å². The van der Waals surface area contributed by atoms with Crippen LogP contribution >= 0.6 is 11.8 Å². The Balaban J connectivity index is 1.90. The zero-order chi connectivity index (χ0) is 19.3. The lowest BCUT2D eigenvalue weighted by Crippen LogP contribution is -2.39. The Bertz CT molecular complexity index is 759. The van der Waals surface area contributed by atoms with Crippen molar-refractivity contribution >= 4 is 23.7 Å². The van der Waals surface area contributed by atoms with E-state index in [2.05, 4.69) is 24.3 Å². The summed E-state index contributed by atoms with van der Waals surface area (Å²) in [6.45, 7) is 0. The largest absolute Gasteiger partial charge is 0.468 e. The first-order valence-electron chi connectivity index (χ1n) is 9.00. The van der Waals surface area contributed by atoms with Crippen LogP contribution < -0.4 is 0 Å². The van der Waals surface area contributed by atoms with E-state index in [4.69, 9.17) is 9.47 Å². The summed E-state index contributed by atoms with van der Waals surface area (Å²) in [7, 11) is 2.66. The van der Waals surface area contributed by atoms with E-state index in [1.807, 2.05) is 36.4 Å². The van der Waals surface area contributed by atoms with E-state index in [0.717, 1.165) is 11.3 Å². The number of ether oxygens (including phenoxy) is 2. The van der Waals surface area contributed by atoms with Crippen molar-refractivity contribution in [1.82, 2.24) is 0 Å². The van der Waals surface area contributed by atoms with Crippen LogP contribution in [0.1, 0.15) is 24.3 Å². The molecule has 4 nitrogen and oxygen atoms in total. The van der Waals surface area contributed by atoms with Crippen LogP contribution in [0.3, 0.4) is 0 Å². The van der Waals surface area contributed by atoms with Gasteiger partial charge in [-0.25, -0.2) is 0 Å². The van der Waals surface area contributed by atoms with E-state index < -0.39 is 17.4 Å². The van der Waals surface area contributed by atoms with Crippen LogP contribution in [0.25, 0.3) is 0 Å². The number of benzene rings is 2. The van der Waals surface area contributed by atoms with Gasteiger partial charge in [0.05, 0.1) is 14.2 Å². The number of hydrogen-bond donors (Lipinski definition) is 0. The molecule has 0 amide bonds. The first-order valence-corrected chi connectivity index (χ1v) is 9.99. The molecule has 1 aliphatic rings. The minimum absolute atomic E-state index is 0.0978. The van der Waals surface area contributed by atoms with E-state index >= 15 is 0 Å². The number of carbonyl (C=O) groups excluding carboxylic acids is 2. The Morgan fingerprint density at radius 2 is 1.48 bits per heavy atom. The first kappa shape index (κ1) is 19.5. The van der Waals surface area contributed by atoms with Crippen molar-refractivity contribution in [2.45, 2.75) is 23.7 Å². The van der Waals surface area contributed by atoms with Gasteiger partial charge in [-0.3, -0.25) is 9.59 Å². The van der Waals surface area contributed by atoms with Crippen molar-refractivity contribution < 1.29 is 19.1 Å². The van der Waals surface area contributed by atoms with E-state index in [1.165, 1.54) is 19.1 Å². The van der Waals surface area contributed by atoms with E-state index in [9.17, 15) is 9.59 Å². The minimum atomic E-state index is -1.23. The molecule has 1 unspecified atom stereocenters. The highest BCUT2D eigenvalue weighted by Crippen LogP contribution is 2.53. The lowest BCUT2D eigenvalue weighted by Gasteiger charge is -2.23. The van der Waals surface area contributed by atoms with Gasteiger partial charge in [0.15, 0.2) is 5.41 Å². The van der Waals surface area contributed by atoms with Crippen LogP contribution in [0, 0.1) is 11.3 Å². The van der Waals surface area contributed by atoms with Crippen LogP contribution in [0.15, 0.2) is 65.6 Å². The van der Waals surface area contributed by atoms with Crippen molar-refractivity contribution in [1.29, 1.82) is 0 Å². The summed E-state index contributed by atoms with van der Waals surface area (Å²) < 4.78 is 10.0. The molecule has 0 aliphatic heterocycles. The standard InChI is InChI=1S/C22H24O4S/c1-25-20(23)22(21(24)26-2)13-17(15-27-18-11-7-4-8-12-18)19(14-22)16-9-5-3-6-10-16/h3-12,17,19H,13-15H2,1-2H3/t17?,19-/m1/s1. The third-order valence-corrected chi connectivity index (χ3v) is 6.54. The fourth-order valence-electron chi connectivity index (χ4n) is 4.01. The molecule has 1 fully saturated rings. The molecule has 142 valence electrons. The number of esters is 2. The van der Waals surface area contributed by atoms with Gasteiger partial charge in [-0.15, -0.1) is 11.8 Å². The second kappa shape index (κ2) is 8.61. The summed E-state index contributed by atoms with van der Waals surface area (Å²) in [5, 5.41) is 0. The predicted octanol–water partition coefficient (Wildman–Crippen LogP) is 4.30. The lowest BCUT2D eigenvalue weighted by molar-refractivity contribution is -0.168. The number of carbonyl (C=O) groups is 2. The third-order valence-electron chi connectivity index (χ3n) is 5.34. The van der Waals surface area contributed by atoms with Crippen molar-refractivity contribution in [3.05, 3.63) is 66.2 Å². The van der Waals surface area contributed by atoms with Gasteiger partial charge in [-0.2, -0.15) is 0 Å². The highest BCUT2D eigenvalue weighted by molar-refractivity contribution is 7.99. The number of hydrogen-bond acceptors (Lipinski definition) is 5. The smallest absolute Gasteiger partial charge is 0.323 e. The molecule has 2 aromatic rings. The van der Waals surface area contributed by atoms with Gasteiger partial charge in [0.1, 0.15) is 0 Å². The molecule has 27 heavy (non-hydrogen) atoms. The molecule has 0 bridgehead atoms. The van der Waals surface area contributed by atoms with Gasteiger partial charge in [-0.1, -0.05) is 48.5 Å². The second-order valence-electron chi connectivity index (χ2n) is 6.87. The quantitative estimate of drug-likeness (QED) is 0.422. The second-order valence-corrected chi connectivity index (χ2v) is 7.97. The SMILES string of the molecule is COC(=O)C1(C(=O)OC)CC(CSc2ccccc2)[C@@H](c2ccccc2)C1. The van der Waals surface area contributed by atoms with Crippen molar-refractivity contribution in [2.75, 3.05) is 20.0 Å². The molecular weight excluding hydrogens is 360 g/mol. The predicted molar refractivity (Wildman–Crippen MR) is 106 cm³/mol. The van der Waals surface area contributed by atoms with Gasteiger partial charge < -0.3 is 9.47 Å². The maximum atomic E-state index is 12.6. The van der Waals surface area contributed by atoms with Crippen LogP contribution in [-0.4, -0.2) is 31.9 Å². The molecular formula is C22H24O4S. The highest BCUT2D eigenvalue weighted by atomic mass is 32.2. The van der Waals surface area contributed by atoms with Gasteiger partial charge in [0.2, 0.25) is 0 Å². The molecule has 0 heterocycles. The van der Waals surface area contributed by atoms with E-state index in [0.29, 0.717) is 12.8 Å². The van der Waals surface area contributed by atoms with E-state index in [-0.39, 0.29) is 11.8 Å². The molecule has 0 radical (unpaired) electrons. The number of thioether (sulfide) groups is 1. The number of methoxy groups -OCH3 is 2. The molecule has 0 spiro atoms. The fourth-order valence-corrected chi connectivity index (χ4v) is 5.11. The van der Waals surface area contributed by atoms with Gasteiger partial charge >= 0.3 is 11.9 Å². The molecule has 1 saturated carbocycles. The van der Waals surface area contributed by atoms with Gasteiger partial charge in [-0.05, 0) is 42.4 Å². The Hall–Kier alpha value is -2.27. The molecule has 3 rings (SSSR count). The van der Waals surface area contributed by atoms with Gasteiger partial charge in [0, 0.05) is 10.6 Å². The van der Waals surface area contributed by atoms with Crippen LogP contribution in [0.4, 0.5) is 0 Å². The maximum absolute atomic E-state index is 12.6. The zero-order valence-electron chi connectivity index (χ0n) is 15.6. The fraction of sp³-hybridized carbons (Fsp3) is 0.364. The molecule has 0 saturated heterocycles. The lowest BCUT2D eigenvalue weighted by atomic mass is 9.84. The summed E-state index contributed by atoms with van der Waals surface area (Å²) in [6, 6.07) is 20.3. The van der Waals surface area contributed by atoms with Crippen LogP contribution in [0.5, 0.6) is 0 Å². The van der Waals surface area contributed by atoms with Gasteiger partial charge in [0.25, 0.3) is 0 Å². The molecule has 2 atom stereocenters. The average Bonchev–Trinajstić information content (AvgIpc) is 3.13. The molecule has 0 aromatic heterocycles. The first-order chi connectivity index (χ1) is 13.1. The topological polar surface area (TPSA) is 52.6 Å². The Morgan fingerprint density at radius 3 is 2.04 bits per heavy atom. The van der Waals surface area contributed by atoms with Crippen molar-refractivity contribution in [3.63, 3.8) is 0 Å². The average molecular weight is 384 g/mol. The summed E-state index contributed by atoms with van der Waals surface area (Å²) in [5.74, 6) is 0.0840. The normalized spacial score (nSPS) is 20.8. The summed E-state index contributed by atoms with van der Waals surface area (Å²) in [5.41, 5.74) is -0.0859. The molecule has 5 heteroatoms. The maximum Gasteiger partial charge on any atom is 0.323 e. The molecule has 1 aliphatic carbocycles. The summed E-state index contributed by atoms with van der Waals surface area (Å²) in [6.07, 6.45) is 0.849. The Kier molecular flexibility index (Phi) is 6.22. The van der Waals surface area contributed by atoms with Crippen LogP contribution in [0.2, 0.25) is 0 Å². The minimum Gasteiger partial charge on any atom is -0.468 e. The number of rotatable bonds is 6. The third kappa shape index (κ3) is 4.03. The zero-order valence-corrected chi connectivity index (χ0v) is 16.4. The highest BCUT2D eigenvalue weighted by Gasteiger charge is 2.57. The van der Waals surface area contributed by atoms with Crippen LogP contribution in [-0.2, 0) is 19.1 Å². The Labute approximate surface area is 164 Å².